The van der Waals surface area contributed by atoms with Gasteiger partial charge in [-0.15, -0.1) is 5.16 Å². The SMILES string of the molecule is CC=NO.[NaH]. The Hall–Kier alpha value is 0.470. The maximum atomic E-state index is 7.44. The summed E-state index contributed by atoms with van der Waals surface area (Å²) in [4.78, 5) is 0. The van der Waals surface area contributed by atoms with Crippen LogP contribution in [-0.4, -0.2) is 41.0 Å². The molecule has 0 aliphatic carbocycles. The van der Waals surface area contributed by atoms with Crippen molar-refractivity contribution in [2.45, 2.75) is 6.92 Å². The van der Waals surface area contributed by atoms with Crippen LogP contribution in [0.3, 0.4) is 0 Å². The van der Waals surface area contributed by atoms with E-state index in [1.54, 1.807) is 6.92 Å². The molecule has 0 fully saturated rings. The van der Waals surface area contributed by atoms with Gasteiger partial charge in [0.05, 0.1) is 0 Å². The van der Waals surface area contributed by atoms with Gasteiger partial charge in [0.2, 0.25) is 0 Å². The molecule has 2 nitrogen and oxygen atoms in total. The van der Waals surface area contributed by atoms with E-state index in [0.29, 0.717) is 0 Å². The van der Waals surface area contributed by atoms with Crippen molar-refractivity contribution in [2.75, 3.05) is 0 Å². The molecule has 0 amide bonds. The van der Waals surface area contributed by atoms with Crippen molar-refractivity contribution in [2.24, 2.45) is 5.16 Å². The molecule has 3 heteroatoms. The zero-order chi connectivity index (χ0) is 3.41. The molecule has 26 valence electrons. The van der Waals surface area contributed by atoms with Crippen LogP contribution >= 0.6 is 0 Å². The Labute approximate surface area is 53.2 Å². The molecule has 0 aliphatic heterocycles. The fourth-order valence-corrected chi connectivity index (χ4v) is 0. The molecule has 0 rings (SSSR count). The van der Waals surface area contributed by atoms with Crippen LogP contribution in [0.5, 0.6) is 0 Å². The number of oxime groups is 1. The van der Waals surface area contributed by atoms with Crippen LogP contribution in [0, 0.1) is 0 Å². The Balaban J connectivity index is 0. The summed E-state index contributed by atoms with van der Waals surface area (Å²) in [6, 6.07) is 0. The van der Waals surface area contributed by atoms with E-state index < -0.39 is 0 Å². The third-order valence-electron chi connectivity index (χ3n) is 0.115. The predicted molar refractivity (Wildman–Crippen MR) is 23.1 cm³/mol. The summed E-state index contributed by atoms with van der Waals surface area (Å²) in [6.45, 7) is 1.64. The van der Waals surface area contributed by atoms with Gasteiger partial charge >= 0.3 is 29.6 Å². The fraction of sp³-hybridized carbons (Fsp3) is 0.500. The molecule has 0 aromatic rings. The van der Waals surface area contributed by atoms with E-state index in [2.05, 4.69) is 5.16 Å². The van der Waals surface area contributed by atoms with Crippen molar-refractivity contribution < 1.29 is 5.21 Å². The molecule has 0 radical (unpaired) electrons. The zero-order valence-electron chi connectivity index (χ0n) is 2.47. The van der Waals surface area contributed by atoms with E-state index in [9.17, 15) is 0 Å². The van der Waals surface area contributed by atoms with Gasteiger partial charge in [0.25, 0.3) is 0 Å². The number of rotatable bonds is 0. The number of nitrogens with zero attached hydrogens (tertiary/aromatic N) is 1. The zero-order valence-corrected chi connectivity index (χ0v) is 2.47. The van der Waals surface area contributed by atoms with Gasteiger partial charge in [-0.05, 0) is 6.92 Å². The van der Waals surface area contributed by atoms with Crippen LogP contribution < -0.4 is 0 Å². The fourth-order valence-electron chi connectivity index (χ4n) is 0. The Morgan fingerprint density at radius 2 is 2.00 bits per heavy atom. The molecule has 0 saturated carbocycles. The normalized spacial score (nSPS) is 7.40. The van der Waals surface area contributed by atoms with Gasteiger partial charge in [0.15, 0.2) is 0 Å². The quantitative estimate of drug-likeness (QED) is 0.187. The standard InChI is InChI=1S/C2H5NO.Na.H/c1-2-3-4;;/h2,4H,1H3;;. The molecule has 0 heterocycles. The Kier molecular flexibility index (Phi) is 16.0. The van der Waals surface area contributed by atoms with Crippen molar-refractivity contribution >= 4 is 35.8 Å². The second kappa shape index (κ2) is 8.82. The summed E-state index contributed by atoms with van der Waals surface area (Å²) >= 11 is 0. The summed E-state index contributed by atoms with van der Waals surface area (Å²) in [5.74, 6) is 0. The minimum absolute atomic E-state index is 0. The van der Waals surface area contributed by atoms with E-state index in [-0.39, 0.29) is 29.6 Å². The first kappa shape index (κ1) is 9.08. The van der Waals surface area contributed by atoms with E-state index >= 15 is 0 Å². The molecular formula is C2H6NNaO. The van der Waals surface area contributed by atoms with Gasteiger partial charge in [0.1, 0.15) is 0 Å². The average Bonchev–Trinajstić information content (AvgIpc) is 1.37. The van der Waals surface area contributed by atoms with Gasteiger partial charge in [-0.3, -0.25) is 0 Å². The van der Waals surface area contributed by atoms with E-state index in [0.717, 1.165) is 0 Å². The van der Waals surface area contributed by atoms with E-state index in [4.69, 9.17) is 5.21 Å². The van der Waals surface area contributed by atoms with Crippen LogP contribution in [0.1, 0.15) is 6.92 Å². The van der Waals surface area contributed by atoms with Gasteiger partial charge < -0.3 is 5.21 Å². The van der Waals surface area contributed by atoms with Crippen LogP contribution in [-0.2, 0) is 0 Å². The monoisotopic (exact) mass is 83.0 g/mol. The van der Waals surface area contributed by atoms with Gasteiger partial charge in [-0.25, -0.2) is 0 Å². The molecule has 0 unspecified atom stereocenters. The molecule has 0 aromatic carbocycles. The summed E-state index contributed by atoms with van der Waals surface area (Å²) in [5, 5.41) is 10.1. The van der Waals surface area contributed by atoms with Crippen LogP contribution in [0.15, 0.2) is 5.16 Å². The van der Waals surface area contributed by atoms with Crippen LogP contribution in [0.2, 0.25) is 0 Å². The third kappa shape index (κ3) is 12.6. The molecular weight excluding hydrogens is 77.0 g/mol. The molecule has 0 saturated heterocycles. The van der Waals surface area contributed by atoms with Gasteiger partial charge in [-0.1, -0.05) is 0 Å². The second-order valence-corrected chi connectivity index (χ2v) is 0.374. The first-order valence-electron chi connectivity index (χ1n) is 1.04. The molecule has 0 bridgehead atoms. The number of hydrogen-bond acceptors (Lipinski definition) is 2. The molecule has 0 aromatic heterocycles. The van der Waals surface area contributed by atoms with E-state index in [1.807, 2.05) is 0 Å². The summed E-state index contributed by atoms with van der Waals surface area (Å²) in [7, 11) is 0. The third-order valence-corrected chi connectivity index (χ3v) is 0.115. The first-order valence-corrected chi connectivity index (χ1v) is 1.04. The second-order valence-electron chi connectivity index (χ2n) is 0.374. The summed E-state index contributed by atoms with van der Waals surface area (Å²) in [6.07, 6.45) is 1.31. The van der Waals surface area contributed by atoms with Gasteiger partial charge in [-0.2, -0.15) is 0 Å². The van der Waals surface area contributed by atoms with Crippen LogP contribution in [0.4, 0.5) is 0 Å². The average molecular weight is 83.1 g/mol. The maximum absolute atomic E-state index is 7.44. The molecule has 1 N–H and O–H groups in total. The van der Waals surface area contributed by atoms with Crippen molar-refractivity contribution in [3.05, 3.63) is 0 Å². The first-order chi connectivity index (χ1) is 1.91. The molecule has 0 spiro atoms. The van der Waals surface area contributed by atoms with Crippen molar-refractivity contribution in [3.8, 4) is 0 Å². The van der Waals surface area contributed by atoms with Gasteiger partial charge in [0, 0.05) is 6.21 Å². The molecule has 5 heavy (non-hydrogen) atoms. The topological polar surface area (TPSA) is 32.6 Å². The molecule has 0 atom stereocenters. The van der Waals surface area contributed by atoms with Crippen molar-refractivity contribution in [1.82, 2.24) is 0 Å². The summed E-state index contributed by atoms with van der Waals surface area (Å²) in [5.41, 5.74) is 0. The predicted octanol–water partition coefficient (Wildman–Crippen LogP) is -0.182. The Morgan fingerprint density at radius 1 is 1.80 bits per heavy atom. The van der Waals surface area contributed by atoms with Crippen LogP contribution in [0.25, 0.3) is 0 Å². The number of hydrogen-bond donors (Lipinski definition) is 1. The van der Waals surface area contributed by atoms with Crippen molar-refractivity contribution in [1.29, 1.82) is 0 Å². The van der Waals surface area contributed by atoms with Crippen molar-refractivity contribution in [3.63, 3.8) is 0 Å². The van der Waals surface area contributed by atoms with E-state index in [1.165, 1.54) is 6.21 Å². The summed E-state index contributed by atoms with van der Waals surface area (Å²) < 4.78 is 0. The Morgan fingerprint density at radius 3 is 2.00 bits per heavy atom. The minimum atomic E-state index is 0. The molecule has 0 aliphatic rings. The Bertz CT molecular complexity index is 24.8.